The Balaban J connectivity index is 1.75. The first kappa shape index (κ1) is 21.0. The van der Waals surface area contributed by atoms with Crippen LogP contribution >= 0.6 is 11.8 Å². The van der Waals surface area contributed by atoms with Crippen molar-refractivity contribution in [3.05, 3.63) is 54.4 Å². The monoisotopic (exact) mass is 410 g/mol. The molecule has 1 aromatic carbocycles. The van der Waals surface area contributed by atoms with Crippen molar-refractivity contribution in [2.75, 3.05) is 5.32 Å². The number of aryl methyl sites for hydroxylation is 1. The number of thioether (sulfide) groups is 1. The van der Waals surface area contributed by atoms with Gasteiger partial charge in [-0.1, -0.05) is 42.8 Å². The maximum Gasteiger partial charge on any atom is 0.242 e. The molecule has 7 heteroatoms. The van der Waals surface area contributed by atoms with E-state index in [1.54, 1.807) is 17.3 Å². The molecule has 1 aliphatic rings. The molecule has 29 heavy (non-hydrogen) atoms. The predicted molar refractivity (Wildman–Crippen MR) is 118 cm³/mol. The smallest absolute Gasteiger partial charge is 0.242 e. The number of pyridine rings is 1. The summed E-state index contributed by atoms with van der Waals surface area (Å²) < 4.78 is 0. The molecule has 2 aromatic rings. The van der Waals surface area contributed by atoms with Crippen molar-refractivity contribution in [2.24, 2.45) is 4.99 Å². The average Bonchev–Trinajstić information content (AvgIpc) is 2.99. The topological polar surface area (TPSA) is 74.7 Å². The van der Waals surface area contributed by atoms with Gasteiger partial charge < -0.3 is 5.32 Å². The van der Waals surface area contributed by atoms with E-state index in [0.717, 1.165) is 24.1 Å². The van der Waals surface area contributed by atoms with Gasteiger partial charge in [0.05, 0.1) is 11.9 Å². The summed E-state index contributed by atoms with van der Waals surface area (Å²) in [5.74, 6) is -0.233. The second kappa shape index (κ2) is 9.69. The molecule has 1 saturated heterocycles. The number of carbonyl (C=O) groups excluding carboxylic acids is 2. The van der Waals surface area contributed by atoms with Crippen molar-refractivity contribution < 1.29 is 9.59 Å². The van der Waals surface area contributed by atoms with Crippen LogP contribution in [-0.2, 0) is 9.59 Å². The number of anilines is 1. The fourth-order valence-electron chi connectivity index (χ4n) is 3.19. The first-order chi connectivity index (χ1) is 14.0. The predicted octanol–water partition coefficient (Wildman–Crippen LogP) is 4.54. The summed E-state index contributed by atoms with van der Waals surface area (Å²) in [7, 11) is 0. The molecular formula is C22H26N4O2S. The number of amidine groups is 1. The normalized spacial score (nSPS) is 18.9. The lowest BCUT2D eigenvalue weighted by molar-refractivity contribution is -0.129. The van der Waals surface area contributed by atoms with E-state index in [1.807, 2.05) is 50.2 Å². The van der Waals surface area contributed by atoms with E-state index < -0.39 is 5.25 Å². The van der Waals surface area contributed by atoms with Crippen LogP contribution in [0.2, 0.25) is 0 Å². The van der Waals surface area contributed by atoms with E-state index in [1.165, 1.54) is 11.8 Å². The Labute approximate surface area is 175 Å². The van der Waals surface area contributed by atoms with Gasteiger partial charge in [-0.05, 0) is 44.5 Å². The molecule has 1 fully saturated rings. The molecule has 0 bridgehead atoms. The third kappa shape index (κ3) is 5.44. The van der Waals surface area contributed by atoms with Crippen LogP contribution in [0.15, 0.2) is 53.8 Å². The van der Waals surface area contributed by atoms with Gasteiger partial charge in [0, 0.05) is 24.3 Å². The van der Waals surface area contributed by atoms with E-state index in [-0.39, 0.29) is 24.3 Å². The molecule has 2 unspecified atom stereocenters. The largest absolute Gasteiger partial charge is 0.326 e. The number of aliphatic imine (C=N–C) groups is 1. The lowest BCUT2D eigenvalue weighted by Gasteiger charge is -2.24. The highest BCUT2D eigenvalue weighted by Crippen LogP contribution is 2.34. The zero-order chi connectivity index (χ0) is 20.8. The summed E-state index contributed by atoms with van der Waals surface area (Å²) in [5, 5.41) is 3.04. The first-order valence-electron chi connectivity index (χ1n) is 9.83. The van der Waals surface area contributed by atoms with Gasteiger partial charge in [-0.25, -0.2) is 4.99 Å². The standard InChI is InChI=1S/C22H26N4O2S/c1-4-6-16(3)26-21(28)19(29-22(26)25-18-7-5-12-23-14-18)13-20(27)24-17-10-8-15(2)9-11-17/h5,7-12,14,16,19H,4,6,13H2,1-3H3,(H,24,27). The zero-order valence-corrected chi connectivity index (χ0v) is 17.8. The molecule has 2 amide bonds. The van der Waals surface area contributed by atoms with Crippen molar-refractivity contribution in [1.82, 2.24) is 9.88 Å². The molecule has 1 N–H and O–H groups in total. The molecule has 1 aliphatic heterocycles. The van der Waals surface area contributed by atoms with Gasteiger partial charge in [0.1, 0.15) is 5.25 Å². The van der Waals surface area contributed by atoms with Crippen molar-refractivity contribution in [1.29, 1.82) is 0 Å². The summed E-state index contributed by atoms with van der Waals surface area (Å²) in [6, 6.07) is 11.3. The van der Waals surface area contributed by atoms with E-state index in [9.17, 15) is 9.59 Å². The summed E-state index contributed by atoms with van der Waals surface area (Å²) in [4.78, 5) is 36.1. The second-order valence-electron chi connectivity index (χ2n) is 7.18. The summed E-state index contributed by atoms with van der Waals surface area (Å²) in [6.45, 7) is 6.11. The summed E-state index contributed by atoms with van der Waals surface area (Å²) in [5.41, 5.74) is 2.55. The number of benzene rings is 1. The fourth-order valence-corrected chi connectivity index (χ4v) is 4.44. The minimum Gasteiger partial charge on any atom is -0.326 e. The number of aromatic nitrogens is 1. The highest BCUT2D eigenvalue weighted by molar-refractivity contribution is 8.15. The number of carbonyl (C=O) groups is 2. The van der Waals surface area contributed by atoms with E-state index in [2.05, 4.69) is 22.2 Å². The van der Waals surface area contributed by atoms with Crippen LogP contribution in [-0.4, -0.2) is 38.2 Å². The molecule has 6 nitrogen and oxygen atoms in total. The molecule has 2 atom stereocenters. The molecule has 0 saturated carbocycles. The van der Waals surface area contributed by atoms with E-state index in [0.29, 0.717) is 10.9 Å². The van der Waals surface area contributed by atoms with Crippen molar-refractivity contribution in [3.8, 4) is 0 Å². The summed E-state index contributed by atoms with van der Waals surface area (Å²) >= 11 is 1.36. The van der Waals surface area contributed by atoms with E-state index in [4.69, 9.17) is 0 Å². The van der Waals surface area contributed by atoms with Crippen LogP contribution in [0.1, 0.15) is 38.7 Å². The van der Waals surface area contributed by atoms with Crippen LogP contribution in [0.4, 0.5) is 11.4 Å². The molecule has 0 spiro atoms. The minimum atomic E-state index is -0.477. The Hall–Kier alpha value is -2.67. The van der Waals surface area contributed by atoms with Gasteiger partial charge in [-0.15, -0.1) is 0 Å². The number of nitrogens with zero attached hydrogens (tertiary/aromatic N) is 3. The number of hydrogen-bond acceptors (Lipinski definition) is 5. The lowest BCUT2D eigenvalue weighted by Crippen LogP contribution is -2.40. The highest BCUT2D eigenvalue weighted by atomic mass is 32.2. The molecule has 152 valence electrons. The van der Waals surface area contributed by atoms with Gasteiger partial charge in [0.2, 0.25) is 11.8 Å². The van der Waals surface area contributed by atoms with Gasteiger partial charge in [0.15, 0.2) is 5.17 Å². The number of nitrogens with one attached hydrogen (secondary N) is 1. The van der Waals surface area contributed by atoms with Crippen LogP contribution in [0.5, 0.6) is 0 Å². The van der Waals surface area contributed by atoms with Crippen LogP contribution < -0.4 is 5.32 Å². The van der Waals surface area contributed by atoms with Crippen LogP contribution in [0, 0.1) is 6.92 Å². The SMILES string of the molecule is CCCC(C)N1C(=O)C(CC(=O)Nc2ccc(C)cc2)SC1=Nc1cccnc1. The van der Waals surface area contributed by atoms with Crippen LogP contribution in [0.25, 0.3) is 0 Å². The van der Waals surface area contributed by atoms with Crippen molar-refractivity contribution >= 4 is 40.1 Å². The average molecular weight is 411 g/mol. The number of rotatable bonds is 7. The maximum atomic E-state index is 13.1. The number of hydrogen-bond donors (Lipinski definition) is 1. The van der Waals surface area contributed by atoms with Gasteiger partial charge in [-0.2, -0.15) is 0 Å². The Bertz CT molecular complexity index is 883. The quantitative estimate of drug-likeness (QED) is 0.727. The van der Waals surface area contributed by atoms with Gasteiger partial charge in [0.25, 0.3) is 0 Å². The van der Waals surface area contributed by atoms with Crippen LogP contribution in [0.3, 0.4) is 0 Å². The Kier molecular flexibility index (Phi) is 7.04. The summed E-state index contributed by atoms with van der Waals surface area (Å²) in [6.07, 6.45) is 5.30. The third-order valence-electron chi connectivity index (χ3n) is 4.69. The molecule has 3 rings (SSSR count). The van der Waals surface area contributed by atoms with Gasteiger partial charge in [-0.3, -0.25) is 19.5 Å². The second-order valence-corrected chi connectivity index (χ2v) is 8.35. The molecule has 1 aromatic heterocycles. The highest BCUT2D eigenvalue weighted by Gasteiger charge is 2.41. The molecular weight excluding hydrogens is 384 g/mol. The van der Waals surface area contributed by atoms with E-state index >= 15 is 0 Å². The Morgan fingerprint density at radius 2 is 2.07 bits per heavy atom. The third-order valence-corrected chi connectivity index (χ3v) is 5.84. The molecule has 0 radical (unpaired) electrons. The van der Waals surface area contributed by atoms with Crippen molar-refractivity contribution in [2.45, 2.75) is 51.3 Å². The molecule has 0 aliphatic carbocycles. The fraction of sp³-hybridized carbons (Fsp3) is 0.364. The first-order valence-corrected chi connectivity index (χ1v) is 10.7. The minimum absolute atomic E-state index is 0.0283. The van der Waals surface area contributed by atoms with Crippen molar-refractivity contribution in [3.63, 3.8) is 0 Å². The Morgan fingerprint density at radius 3 is 2.72 bits per heavy atom. The number of amides is 2. The Morgan fingerprint density at radius 1 is 1.31 bits per heavy atom. The maximum absolute atomic E-state index is 13.1. The van der Waals surface area contributed by atoms with Gasteiger partial charge >= 0.3 is 0 Å². The lowest BCUT2D eigenvalue weighted by atomic mass is 10.1. The zero-order valence-electron chi connectivity index (χ0n) is 17.0. The molecule has 2 heterocycles.